The Morgan fingerprint density at radius 2 is 1.30 bits per heavy atom. The number of rotatable bonds is 0. The third-order valence-corrected chi connectivity index (χ3v) is 2.43. The normalized spacial score (nSPS) is 27.0. The van der Waals surface area contributed by atoms with Crippen LogP contribution in [-0.4, -0.2) is 10.7 Å². The molecule has 1 fully saturated rings. The summed E-state index contributed by atoms with van der Waals surface area (Å²) in [5.74, 6) is 0. The summed E-state index contributed by atoms with van der Waals surface area (Å²) in [7, 11) is 0. The zero-order chi connectivity index (χ0) is 7.45. The van der Waals surface area contributed by atoms with Crippen LogP contribution in [0.4, 0.5) is 0 Å². The van der Waals surface area contributed by atoms with Gasteiger partial charge in [0.1, 0.15) is 0 Å². The van der Waals surface area contributed by atoms with Gasteiger partial charge in [-0.25, -0.2) is 0 Å². The van der Waals surface area contributed by atoms with Crippen LogP contribution >= 0.6 is 0 Å². The predicted molar refractivity (Wildman–Crippen MR) is 42.9 cm³/mol. The van der Waals surface area contributed by atoms with Crippen molar-refractivity contribution in [1.29, 1.82) is 0 Å². The lowest BCUT2D eigenvalue weighted by Crippen LogP contribution is -2.24. The Balaban J connectivity index is 2.30. The first kappa shape index (κ1) is 8.06. The first-order valence-corrected chi connectivity index (χ1v) is 4.43. The Hall–Kier alpha value is -0.0400. The molecule has 60 valence electrons. The monoisotopic (exact) mass is 142 g/mol. The van der Waals surface area contributed by atoms with E-state index in [1.165, 1.54) is 32.1 Å². The largest absolute Gasteiger partial charge is 0.390 e. The van der Waals surface area contributed by atoms with Gasteiger partial charge in [-0.3, -0.25) is 0 Å². The average molecular weight is 142 g/mol. The molecule has 1 N–H and O–H groups in total. The van der Waals surface area contributed by atoms with Crippen molar-refractivity contribution in [2.45, 2.75) is 57.5 Å². The van der Waals surface area contributed by atoms with E-state index >= 15 is 0 Å². The smallest absolute Gasteiger partial charge is 0.0619 e. The molecule has 1 rings (SSSR count). The highest BCUT2D eigenvalue weighted by atomic mass is 16.3. The summed E-state index contributed by atoms with van der Waals surface area (Å²) in [6.45, 7) is 1.97. The highest BCUT2D eigenvalue weighted by Gasteiger charge is 2.20. The minimum atomic E-state index is -0.347. The highest BCUT2D eigenvalue weighted by Crippen LogP contribution is 2.24. The molecule has 0 aromatic rings. The van der Waals surface area contributed by atoms with E-state index in [1.807, 2.05) is 6.92 Å². The molecule has 0 unspecified atom stereocenters. The molecule has 0 aromatic carbocycles. The summed E-state index contributed by atoms with van der Waals surface area (Å²) in [6, 6.07) is 0. The summed E-state index contributed by atoms with van der Waals surface area (Å²) in [6.07, 6.45) is 8.45. The standard InChI is InChI=1S/C9H18O/c1-9(10)7-5-3-2-4-6-8-9/h10H,2-8H2,1H3. The first-order valence-electron chi connectivity index (χ1n) is 4.43. The SMILES string of the molecule is CC1(O)CCCCCCC1. The van der Waals surface area contributed by atoms with Crippen molar-refractivity contribution in [3.63, 3.8) is 0 Å². The molecule has 0 saturated heterocycles. The molecule has 0 spiro atoms. The summed E-state index contributed by atoms with van der Waals surface area (Å²) >= 11 is 0. The Bertz CT molecular complexity index is 86.9. The third kappa shape index (κ3) is 2.70. The van der Waals surface area contributed by atoms with Crippen molar-refractivity contribution in [3.8, 4) is 0 Å². The van der Waals surface area contributed by atoms with E-state index in [1.54, 1.807) is 0 Å². The summed E-state index contributed by atoms with van der Waals surface area (Å²) < 4.78 is 0. The molecule has 0 radical (unpaired) electrons. The quantitative estimate of drug-likeness (QED) is 0.551. The second-order valence-corrected chi connectivity index (χ2v) is 3.76. The fourth-order valence-electron chi connectivity index (χ4n) is 1.67. The predicted octanol–water partition coefficient (Wildman–Crippen LogP) is 2.48. The molecular formula is C9H18O. The lowest BCUT2D eigenvalue weighted by Gasteiger charge is -2.25. The van der Waals surface area contributed by atoms with E-state index in [-0.39, 0.29) is 5.60 Å². The van der Waals surface area contributed by atoms with E-state index in [2.05, 4.69) is 0 Å². The fraction of sp³-hybridized carbons (Fsp3) is 1.00. The lowest BCUT2D eigenvalue weighted by atomic mass is 9.89. The molecule has 0 bridgehead atoms. The number of hydrogen-bond acceptors (Lipinski definition) is 1. The first-order chi connectivity index (χ1) is 4.71. The van der Waals surface area contributed by atoms with Gasteiger partial charge in [0, 0.05) is 0 Å². The molecule has 1 aliphatic rings. The van der Waals surface area contributed by atoms with Crippen molar-refractivity contribution in [3.05, 3.63) is 0 Å². The molecule has 1 aliphatic carbocycles. The van der Waals surface area contributed by atoms with Crippen molar-refractivity contribution in [2.24, 2.45) is 0 Å². The minimum absolute atomic E-state index is 0.347. The topological polar surface area (TPSA) is 20.2 Å². The Morgan fingerprint density at radius 3 is 1.80 bits per heavy atom. The summed E-state index contributed by atoms with van der Waals surface area (Å²) in [4.78, 5) is 0. The van der Waals surface area contributed by atoms with Gasteiger partial charge in [0.15, 0.2) is 0 Å². The zero-order valence-corrected chi connectivity index (χ0v) is 6.90. The second-order valence-electron chi connectivity index (χ2n) is 3.76. The van der Waals surface area contributed by atoms with Gasteiger partial charge in [0.25, 0.3) is 0 Å². The van der Waals surface area contributed by atoms with Crippen LogP contribution in [-0.2, 0) is 0 Å². The molecular weight excluding hydrogens is 124 g/mol. The van der Waals surface area contributed by atoms with Crippen molar-refractivity contribution in [1.82, 2.24) is 0 Å². The van der Waals surface area contributed by atoms with Gasteiger partial charge in [-0.15, -0.1) is 0 Å². The Kier molecular flexibility index (Phi) is 2.72. The zero-order valence-electron chi connectivity index (χ0n) is 6.90. The summed E-state index contributed by atoms with van der Waals surface area (Å²) in [5, 5.41) is 9.68. The van der Waals surface area contributed by atoms with Gasteiger partial charge in [-0.05, 0) is 19.8 Å². The van der Waals surface area contributed by atoms with E-state index in [0.717, 1.165) is 12.8 Å². The van der Waals surface area contributed by atoms with Gasteiger partial charge in [0.2, 0.25) is 0 Å². The van der Waals surface area contributed by atoms with Crippen LogP contribution in [0.5, 0.6) is 0 Å². The molecule has 10 heavy (non-hydrogen) atoms. The van der Waals surface area contributed by atoms with Crippen LogP contribution in [0.25, 0.3) is 0 Å². The van der Waals surface area contributed by atoms with Gasteiger partial charge in [0.05, 0.1) is 5.60 Å². The van der Waals surface area contributed by atoms with Gasteiger partial charge >= 0.3 is 0 Å². The third-order valence-electron chi connectivity index (χ3n) is 2.43. The van der Waals surface area contributed by atoms with Crippen LogP contribution in [0.15, 0.2) is 0 Å². The van der Waals surface area contributed by atoms with Crippen LogP contribution in [0.3, 0.4) is 0 Å². The van der Waals surface area contributed by atoms with Crippen molar-refractivity contribution in [2.75, 3.05) is 0 Å². The van der Waals surface area contributed by atoms with E-state index in [4.69, 9.17) is 0 Å². The Morgan fingerprint density at radius 1 is 0.900 bits per heavy atom. The van der Waals surface area contributed by atoms with Crippen molar-refractivity contribution >= 4 is 0 Å². The van der Waals surface area contributed by atoms with E-state index < -0.39 is 0 Å². The molecule has 0 atom stereocenters. The second kappa shape index (κ2) is 3.38. The maximum absolute atomic E-state index is 9.68. The molecule has 0 aliphatic heterocycles. The van der Waals surface area contributed by atoms with Gasteiger partial charge in [-0.2, -0.15) is 0 Å². The molecule has 1 nitrogen and oxygen atoms in total. The van der Waals surface area contributed by atoms with Crippen LogP contribution in [0.2, 0.25) is 0 Å². The minimum Gasteiger partial charge on any atom is -0.390 e. The van der Waals surface area contributed by atoms with Crippen LogP contribution < -0.4 is 0 Å². The summed E-state index contributed by atoms with van der Waals surface area (Å²) in [5.41, 5.74) is -0.347. The maximum Gasteiger partial charge on any atom is 0.0619 e. The Labute approximate surface area is 63.4 Å². The highest BCUT2D eigenvalue weighted by molar-refractivity contribution is 4.73. The fourth-order valence-corrected chi connectivity index (χ4v) is 1.67. The molecule has 0 amide bonds. The van der Waals surface area contributed by atoms with Crippen LogP contribution in [0, 0.1) is 0 Å². The lowest BCUT2D eigenvalue weighted by molar-refractivity contribution is 0.0328. The molecule has 1 heteroatoms. The molecule has 0 aromatic heterocycles. The maximum atomic E-state index is 9.68. The molecule has 0 heterocycles. The van der Waals surface area contributed by atoms with E-state index in [0.29, 0.717) is 0 Å². The number of hydrogen-bond donors (Lipinski definition) is 1. The molecule has 1 saturated carbocycles. The van der Waals surface area contributed by atoms with Gasteiger partial charge in [-0.1, -0.05) is 32.1 Å². The van der Waals surface area contributed by atoms with E-state index in [9.17, 15) is 5.11 Å². The van der Waals surface area contributed by atoms with Crippen LogP contribution in [0.1, 0.15) is 51.9 Å². The number of aliphatic hydroxyl groups is 1. The van der Waals surface area contributed by atoms with Gasteiger partial charge < -0.3 is 5.11 Å². The average Bonchev–Trinajstić information content (AvgIpc) is 1.81. The van der Waals surface area contributed by atoms with Crippen molar-refractivity contribution < 1.29 is 5.11 Å².